The third-order valence-corrected chi connectivity index (χ3v) is 4.17. The van der Waals surface area contributed by atoms with E-state index in [1.807, 2.05) is 0 Å². The lowest BCUT2D eigenvalue weighted by molar-refractivity contribution is 0.134. The van der Waals surface area contributed by atoms with E-state index in [1.54, 1.807) is 18.4 Å². The van der Waals surface area contributed by atoms with Crippen molar-refractivity contribution in [1.29, 1.82) is 0 Å². The second-order valence-electron chi connectivity index (χ2n) is 4.65. The Bertz CT molecular complexity index is 586. The van der Waals surface area contributed by atoms with Crippen molar-refractivity contribution in [3.05, 3.63) is 34.3 Å². The summed E-state index contributed by atoms with van der Waals surface area (Å²) in [5, 5.41) is 13.7. The molecule has 1 aromatic carbocycles. The Morgan fingerprint density at radius 1 is 1.30 bits per heavy atom. The maximum absolute atomic E-state index is 5.43. The standard InChI is InChI=1S/C14H17N3O2S/c1-18-5-4-15-7-13-16-17-14(20-13)10-2-3-11-8-19-9-12(11)6-10/h2-3,6,15H,4-5,7-9H2,1H3. The number of fused-ring (bicyclic) bond motifs is 1. The van der Waals surface area contributed by atoms with Gasteiger partial charge in [0.05, 0.1) is 19.8 Å². The zero-order chi connectivity index (χ0) is 13.8. The fraction of sp³-hybridized carbons (Fsp3) is 0.429. The molecule has 0 saturated heterocycles. The molecule has 0 atom stereocenters. The summed E-state index contributed by atoms with van der Waals surface area (Å²) in [7, 11) is 1.70. The average Bonchev–Trinajstić information content (AvgIpc) is 3.11. The van der Waals surface area contributed by atoms with E-state index in [0.717, 1.165) is 35.3 Å². The van der Waals surface area contributed by atoms with Crippen molar-refractivity contribution in [1.82, 2.24) is 15.5 Å². The van der Waals surface area contributed by atoms with Crippen LogP contribution in [0.15, 0.2) is 18.2 Å². The topological polar surface area (TPSA) is 56.3 Å². The highest BCUT2D eigenvalue weighted by Crippen LogP contribution is 2.28. The van der Waals surface area contributed by atoms with Crippen molar-refractivity contribution in [2.24, 2.45) is 0 Å². The average molecular weight is 291 g/mol. The van der Waals surface area contributed by atoms with Crippen LogP contribution in [0.2, 0.25) is 0 Å². The summed E-state index contributed by atoms with van der Waals surface area (Å²) in [6, 6.07) is 6.37. The molecule has 3 rings (SSSR count). The van der Waals surface area contributed by atoms with Crippen LogP contribution in [0.1, 0.15) is 16.1 Å². The number of methoxy groups -OCH3 is 1. The Kier molecular flexibility index (Phi) is 4.37. The normalized spacial score (nSPS) is 13.7. The summed E-state index contributed by atoms with van der Waals surface area (Å²) in [4.78, 5) is 0. The molecule has 0 aliphatic carbocycles. The molecule has 1 N–H and O–H groups in total. The van der Waals surface area contributed by atoms with Crippen molar-refractivity contribution in [2.45, 2.75) is 19.8 Å². The maximum atomic E-state index is 5.43. The third-order valence-electron chi connectivity index (χ3n) is 3.19. The summed E-state index contributed by atoms with van der Waals surface area (Å²) >= 11 is 1.62. The number of aromatic nitrogens is 2. The summed E-state index contributed by atoms with van der Waals surface area (Å²) in [6.45, 7) is 3.68. The zero-order valence-electron chi connectivity index (χ0n) is 11.4. The molecule has 6 heteroatoms. The quantitative estimate of drug-likeness (QED) is 0.825. The van der Waals surface area contributed by atoms with Crippen molar-refractivity contribution in [3.8, 4) is 10.6 Å². The highest BCUT2D eigenvalue weighted by atomic mass is 32.1. The summed E-state index contributed by atoms with van der Waals surface area (Å²) in [5.41, 5.74) is 3.66. The third kappa shape index (κ3) is 3.04. The molecule has 0 saturated carbocycles. The first-order chi connectivity index (χ1) is 9.86. The molecular weight excluding hydrogens is 274 g/mol. The van der Waals surface area contributed by atoms with Crippen LogP contribution in [0.4, 0.5) is 0 Å². The highest BCUT2D eigenvalue weighted by Gasteiger charge is 2.13. The molecule has 20 heavy (non-hydrogen) atoms. The van der Waals surface area contributed by atoms with Gasteiger partial charge < -0.3 is 14.8 Å². The molecule has 2 heterocycles. The molecule has 5 nitrogen and oxygen atoms in total. The first-order valence-electron chi connectivity index (χ1n) is 6.59. The monoisotopic (exact) mass is 291 g/mol. The van der Waals surface area contributed by atoms with Crippen molar-refractivity contribution < 1.29 is 9.47 Å². The molecule has 2 aromatic rings. The summed E-state index contributed by atoms with van der Waals surface area (Å²) in [6.07, 6.45) is 0. The van der Waals surface area contributed by atoms with Crippen molar-refractivity contribution in [3.63, 3.8) is 0 Å². The van der Waals surface area contributed by atoms with Gasteiger partial charge >= 0.3 is 0 Å². The van der Waals surface area contributed by atoms with E-state index < -0.39 is 0 Å². The predicted molar refractivity (Wildman–Crippen MR) is 77.4 cm³/mol. The molecular formula is C14H17N3O2S. The molecule has 0 bridgehead atoms. The van der Waals surface area contributed by atoms with Crippen LogP contribution in [-0.2, 0) is 29.2 Å². The van der Waals surface area contributed by atoms with E-state index in [0.29, 0.717) is 13.2 Å². The lowest BCUT2D eigenvalue weighted by Gasteiger charge is -2.00. The number of hydrogen-bond donors (Lipinski definition) is 1. The second kappa shape index (κ2) is 6.41. The minimum atomic E-state index is 0.702. The second-order valence-corrected chi connectivity index (χ2v) is 5.71. The van der Waals surface area contributed by atoms with Gasteiger partial charge in [-0.3, -0.25) is 0 Å². The van der Waals surface area contributed by atoms with Crippen LogP contribution < -0.4 is 5.32 Å². The van der Waals surface area contributed by atoms with E-state index in [-0.39, 0.29) is 0 Å². The van der Waals surface area contributed by atoms with Gasteiger partial charge in [-0.25, -0.2) is 0 Å². The predicted octanol–water partition coefficient (Wildman–Crippen LogP) is 1.97. The maximum Gasteiger partial charge on any atom is 0.147 e. The molecule has 0 amide bonds. The van der Waals surface area contributed by atoms with E-state index in [9.17, 15) is 0 Å². The number of benzene rings is 1. The van der Waals surface area contributed by atoms with Gasteiger partial charge in [0.2, 0.25) is 0 Å². The van der Waals surface area contributed by atoms with Gasteiger partial charge in [-0.1, -0.05) is 23.5 Å². The Balaban J connectivity index is 1.67. The number of rotatable bonds is 6. The SMILES string of the molecule is COCCNCc1nnc(-c2ccc3c(c2)COC3)s1. The summed E-state index contributed by atoms with van der Waals surface area (Å²) < 4.78 is 10.4. The number of hydrogen-bond acceptors (Lipinski definition) is 6. The molecule has 0 spiro atoms. The highest BCUT2D eigenvalue weighted by molar-refractivity contribution is 7.14. The van der Waals surface area contributed by atoms with Crippen molar-refractivity contribution in [2.75, 3.05) is 20.3 Å². The Hall–Kier alpha value is -1.34. The van der Waals surface area contributed by atoms with Crippen LogP contribution in [0.25, 0.3) is 10.6 Å². The number of nitrogens with one attached hydrogen (secondary N) is 1. The van der Waals surface area contributed by atoms with Crippen LogP contribution >= 0.6 is 11.3 Å². The molecule has 0 radical (unpaired) electrons. The lowest BCUT2D eigenvalue weighted by Crippen LogP contribution is -2.18. The van der Waals surface area contributed by atoms with E-state index in [2.05, 4.69) is 33.7 Å². The van der Waals surface area contributed by atoms with E-state index in [1.165, 1.54) is 11.1 Å². The first-order valence-corrected chi connectivity index (χ1v) is 7.40. The van der Waals surface area contributed by atoms with Crippen LogP contribution in [0.3, 0.4) is 0 Å². The van der Waals surface area contributed by atoms with Gasteiger partial charge in [-0.2, -0.15) is 0 Å². The molecule has 106 valence electrons. The van der Waals surface area contributed by atoms with E-state index >= 15 is 0 Å². The largest absolute Gasteiger partial charge is 0.383 e. The van der Waals surface area contributed by atoms with Gasteiger partial charge in [0.15, 0.2) is 0 Å². The Morgan fingerprint density at radius 3 is 3.10 bits per heavy atom. The van der Waals surface area contributed by atoms with Crippen molar-refractivity contribution >= 4 is 11.3 Å². The molecule has 1 aromatic heterocycles. The molecule has 1 aliphatic heterocycles. The Morgan fingerprint density at radius 2 is 2.20 bits per heavy atom. The fourth-order valence-electron chi connectivity index (χ4n) is 2.12. The van der Waals surface area contributed by atoms with E-state index in [4.69, 9.17) is 9.47 Å². The summed E-state index contributed by atoms with van der Waals surface area (Å²) in [5.74, 6) is 0. The zero-order valence-corrected chi connectivity index (χ0v) is 12.2. The Labute approximate surface area is 121 Å². The van der Waals surface area contributed by atoms with Crippen LogP contribution in [0, 0.1) is 0 Å². The lowest BCUT2D eigenvalue weighted by atomic mass is 10.1. The number of nitrogens with zero attached hydrogens (tertiary/aromatic N) is 2. The molecule has 0 unspecified atom stereocenters. The van der Waals surface area contributed by atoms with Gasteiger partial charge in [-0.05, 0) is 17.2 Å². The minimum absolute atomic E-state index is 0.702. The van der Waals surface area contributed by atoms with Gasteiger partial charge in [-0.15, -0.1) is 10.2 Å². The smallest absolute Gasteiger partial charge is 0.147 e. The first kappa shape index (κ1) is 13.6. The van der Waals surface area contributed by atoms with Gasteiger partial charge in [0.1, 0.15) is 10.0 Å². The van der Waals surface area contributed by atoms with Crippen LogP contribution in [0.5, 0.6) is 0 Å². The molecule has 0 fully saturated rings. The van der Waals surface area contributed by atoms with Crippen LogP contribution in [-0.4, -0.2) is 30.5 Å². The van der Waals surface area contributed by atoms with Gasteiger partial charge in [0.25, 0.3) is 0 Å². The van der Waals surface area contributed by atoms with Gasteiger partial charge in [0, 0.05) is 25.8 Å². The number of ether oxygens (including phenoxy) is 2. The molecule has 1 aliphatic rings. The minimum Gasteiger partial charge on any atom is -0.383 e. The fourth-order valence-corrected chi connectivity index (χ4v) is 2.92.